The number of hydrogen-bond acceptors (Lipinski definition) is 2. The Morgan fingerprint density at radius 2 is 2.00 bits per heavy atom. The number of hydrogen-bond donors (Lipinski definition) is 1. The molecule has 2 nitrogen and oxygen atoms in total. The van der Waals surface area contributed by atoms with Gasteiger partial charge in [-0.3, -0.25) is 0 Å². The molecule has 1 aromatic heterocycles. The number of anilines is 1. The Morgan fingerprint density at radius 3 is 2.71 bits per heavy atom. The Hall–Kier alpha value is -1.64. The third-order valence-corrected chi connectivity index (χ3v) is 2.75. The summed E-state index contributed by atoms with van der Waals surface area (Å²) in [5, 5.41) is 4.08. The summed E-state index contributed by atoms with van der Waals surface area (Å²) in [6, 6.07) is 5.46. The second-order valence-corrected chi connectivity index (χ2v) is 4.40. The van der Waals surface area contributed by atoms with Crippen LogP contribution in [0.4, 0.5) is 10.2 Å². The summed E-state index contributed by atoms with van der Waals surface area (Å²) in [7, 11) is 0. The minimum Gasteiger partial charge on any atom is -0.370 e. The zero-order chi connectivity index (χ0) is 12.4. The summed E-state index contributed by atoms with van der Waals surface area (Å²) in [6.07, 6.45) is 1.02. The number of pyridine rings is 1. The number of aromatic nitrogens is 1. The van der Waals surface area contributed by atoms with Crippen molar-refractivity contribution in [2.24, 2.45) is 0 Å². The van der Waals surface area contributed by atoms with E-state index in [0.29, 0.717) is 5.52 Å². The molecular formula is C14H17FN2. The fraction of sp³-hybridized carbons (Fsp3) is 0.357. The molecule has 0 atom stereocenters. The Morgan fingerprint density at radius 1 is 1.24 bits per heavy atom. The van der Waals surface area contributed by atoms with Gasteiger partial charge in [0.2, 0.25) is 0 Å². The van der Waals surface area contributed by atoms with Gasteiger partial charge in [-0.05, 0) is 49.6 Å². The van der Waals surface area contributed by atoms with E-state index >= 15 is 0 Å². The number of nitrogens with one attached hydrogen (secondary N) is 1. The van der Waals surface area contributed by atoms with E-state index < -0.39 is 0 Å². The van der Waals surface area contributed by atoms with Gasteiger partial charge in [0.05, 0.1) is 0 Å². The Kier molecular flexibility index (Phi) is 3.27. The van der Waals surface area contributed by atoms with Crippen molar-refractivity contribution in [2.45, 2.75) is 27.2 Å². The minimum absolute atomic E-state index is 0.250. The van der Waals surface area contributed by atoms with Crippen LogP contribution in [0.15, 0.2) is 18.2 Å². The molecule has 1 aromatic carbocycles. The predicted molar refractivity (Wildman–Crippen MR) is 70.0 cm³/mol. The van der Waals surface area contributed by atoms with Gasteiger partial charge in [0.25, 0.3) is 0 Å². The Labute approximate surface area is 101 Å². The van der Waals surface area contributed by atoms with Crippen LogP contribution in [0, 0.1) is 19.7 Å². The number of halogens is 1. The molecule has 1 heterocycles. The lowest BCUT2D eigenvalue weighted by atomic mass is 10.1. The summed E-state index contributed by atoms with van der Waals surface area (Å²) in [4.78, 5) is 4.37. The fourth-order valence-electron chi connectivity index (χ4n) is 1.91. The predicted octanol–water partition coefficient (Wildman–Crippen LogP) is 3.81. The van der Waals surface area contributed by atoms with Crippen molar-refractivity contribution < 1.29 is 4.39 Å². The highest BCUT2D eigenvalue weighted by atomic mass is 19.1. The quantitative estimate of drug-likeness (QED) is 0.870. The van der Waals surface area contributed by atoms with Gasteiger partial charge in [-0.15, -0.1) is 0 Å². The van der Waals surface area contributed by atoms with Crippen molar-refractivity contribution in [3.63, 3.8) is 0 Å². The van der Waals surface area contributed by atoms with Gasteiger partial charge in [0.15, 0.2) is 0 Å². The van der Waals surface area contributed by atoms with E-state index in [-0.39, 0.29) is 5.82 Å². The molecular weight excluding hydrogens is 215 g/mol. The zero-order valence-corrected chi connectivity index (χ0v) is 10.5. The number of fused-ring (bicyclic) bond motifs is 1. The molecule has 3 heteroatoms. The standard InChI is InChI=1S/C14H17FN2/c1-4-5-16-14-10(3)8-11-6-9(2)7-12(15)13(11)17-14/h6-8H,4-5H2,1-3H3,(H,16,17). The van der Waals surface area contributed by atoms with E-state index in [1.54, 1.807) is 0 Å². The smallest absolute Gasteiger partial charge is 0.149 e. The van der Waals surface area contributed by atoms with E-state index in [1.807, 2.05) is 26.0 Å². The highest BCUT2D eigenvalue weighted by Gasteiger charge is 2.07. The molecule has 0 fully saturated rings. The fourth-order valence-corrected chi connectivity index (χ4v) is 1.91. The van der Waals surface area contributed by atoms with Gasteiger partial charge in [-0.2, -0.15) is 0 Å². The Balaban J connectivity index is 2.55. The summed E-state index contributed by atoms with van der Waals surface area (Å²) >= 11 is 0. The molecule has 2 aromatic rings. The molecule has 0 amide bonds. The van der Waals surface area contributed by atoms with Gasteiger partial charge >= 0.3 is 0 Å². The molecule has 0 bridgehead atoms. The van der Waals surface area contributed by atoms with Crippen LogP contribution in [0.3, 0.4) is 0 Å². The third kappa shape index (κ3) is 2.38. The lowest BCUT2D eigenvalue weighted by Gasteiger charge is -2.10. The van der Waals surface area contributed by atoms with Gasteiger partial charge in [-0.25, -0.2) is 9.37 Å². The zero-order valence-electron chi connectivity index (χ0n) is 10.5. The van der Waals surface area contributed by atoms with Gasteiger partial charge < -0.3 is 5.32 Å². The van der Waals surface area contributed by atoms with Crippen LogP contribution >= 0.6 is 0 Å². The van der Waals surface area contributed by atoms with Crippen LogP contribution in [-0.2, 0) is 0 Å². The van der Waals surface area contributed by atoms with Gasteiger partial charge in [0.1, 0.15) is 17.2 Å². The number of nitrogens with zero attached hydrogens (tertiary/aromatic N) is 1. The van der Waals surface area contributed by atoms with Gasteiger partial charge in [0, 0.05) is 11.9 Å². The molecule has 0 aliphatic rings. The topological polar surface area (TPSA) is 24.9 Å². The van der Waals surface area contributed by atoms with Crippen molar-refractivity contribution >= 4 is 16.7 Å². The maximum absolute atomic E-state index is 13.8. The van der Waals surface area contributed by atoms with E-state index in [9.17, 15) is 4.39 Å². The van der Waals surface area contributed by atoms with Crippen LogP contribution in [0.2, 0.25) is 0 Å². The molecule has 0 saturated heterocycles. The molecule has 1 N–H and O–H groups in total. The highest BCUT2D eigenvalue weighted by molar-refractivity contribution is 5.82. The van der Waals surface area contributed by atoms with Crippen LogP contribution in [0.25, 0.3) is 10.9 Å². The highest BCUT2D eigenvalue weighted by Crippen LogP contribution is 2.23. The maximum Gasteiger partial charge on any atom is 0.149 e. The van der Waals surface area contributed by atoms with Crippen molar-refractivity contribution in [1.82, 2.24) is 4.98 Å². The molecule has 0 aliphatic heterocycles. The lowest BCUT2D eigenvalue weighted by molar-refractivity contribution is 0.635. The van der Waals surface area contributed by atoms with E-state index in [2.05, 4.69) is 17.2 Å². The third-order valence-electron chi connectivity index (χ3n) is 2.75. The summed E-state index contributed by atoms with van der Waals surface area (Å²) in [5.74, 6) is 0.529. The average Bonchev–Trinajstić information content (AvgIpc) is 2.26. The monoisotopic (exact) mass is 232 g/mol. The molecule has 17 heavy (non-hydrogen) atoms. The van der Waals surface area contributed by atoms with Gasteiger partial charge in [-0.1, -0.05) is 6.92 Å². The van der Waals surface area contributed by atoms with E-state index in [1.165, 1.54) is 6.07 Å². The molecule has 0 saturated carbocycles. The van der Waals surface area contributed by atoms with Crippen LogP contribution in [0.5, 0.6) is 0 Å². The molecule has 0 aliphatic carbocycles. The van der Waals surface area contributed by atoms with Crippen LogP contribution in [0.1, 0.15) is 24.5 Å². The molecule has 0 radical (unpaired) electrons. The number of aryl methyl sites for hydroxylation is 2. The summed E-state index contributed by atoms with van der Waals surface area (Å²) in [5.41, 5.74) is 2.42. The average molecular weight is 232 g/mol. The second kappa shape index (κ2) is 4.70. The molecule has 2 rings (SSSR count). The Bertz CT molecular complexity index is 549. The first kappa shape index (κ1) is 11.8. The normalized spacial score (nSPS) is 10.8. The number of rotatable bonds is 3. The largest absolute Gasteiger partial charge is 0.370 e. The SMILES string of the molecule is CCCNc1nc2c(F)cc(C)cc2cc1C. The number of benzene rings is 1. The van der Waals surface area contributed by atoms with Crippen molar-refractivity contribution in [3.05, 3.63) is 35.1 Å². The second-order valence-electron chi connectivity index (χ2n) is 4.40. The minimum atomic E-state index is -0.250. The first-order valence-electron chi connectivity index (χ1n) is 5.93. The van der Waals surface area contributed by atoms with E-state index in [0.717, 1.165) is 35.3 Å². The van der Waals surface area contributed by atoms with Crippen LogP contribution < -0.4 is 5.32 Å². The van der Waals surface area contributed by atoms with Crippen LogP contribution in [-0.4, -0.2) is 11.5 Å². The summed E-state index contributed by atoms with van der Waals surface area (Å²) < 4.78 is 13.8. The molecule has 0 spiro atoms. The molecule has 0 unspecified atom stereocenters. The summed E-state index contributed by atoms with van der Waals surface area (Å²) in [6.45, 7) is 6.83. The lowest BCUT2D eigenvalue weighted by Crippen LogP contribution is -2.04. The first-order valence-corrected chi connectivity index (χ1v) is 5.93. The van der Waals surface area contributed by atoms with Crippen molar-refractivity contribution in [1.29, 1.82) is 0 Å². The first-order chi connectivity index (χ1) is 8.11. The molecule has 90 valence electrons. The van der Waals surface area contributed by atoms with E-state index in [4.69, 9.17) is 0 Å². The van der Waals surface area contributed by atoms with Crippen molar-refractivity contribution in [2.75, 3.05) is 11.9 Å². The maximum atomic E-state index is 13.8. The van der Waals surface area contributed by atoms with Crippen molar-refractivity contribution in [3.8, 4) is 0 Å².